The molecule has 0 heterocycles. The number of benzene rings is 1. The third kappa shape index (κ3) is 3.20. The SMILES string of the molecule is C=CCC(C(=O)OC)c1ccc(C(=O)OC)cc1. The lowest BCUT2D eigenvalue weighted by atomic mass is 9.95. The van der Waals surface area contributed by atoms with Crippen molar-refractivity contribution in [3.8, 4) is 0 Å². The van der Waals surface area contributed by atoms with Gasteiger partial charge in [-0.3, -0.25) is 4.79 Å². The zero-order valence-corrected chi connectivity index (χ0v) is 10.5. The van der Waals surface area contributed by atoms with Crippen molar-refractivity contribution < 1.29 is 19.1 Å². The van der Waals surface area contributed by atoms with Crippen LogP contribution in [0, 0.1) is 0 Å². The molecule has 0 bridgehead atoms. The number of ether oxygens (including phenoxy) is 2. The van der Waals surface area contributed by atoms with Crippen LogP contribution in [0.1, 0.15) is 28.3 Å². The van der Waals surface area contributed by atoms with Crippen LogP contribution in [0.25, 0.3) is 0 Å². The van der Waals surface area contributed by atoms with Gasteiger partial charge in [-0.2, -0.15) is 0 Å². The molecule has 4 nitrogen and oxygen atoms in total. The molecule has 0 fully saturated rings. The summed E-state index contributed by atoms with van der Waals surface area (Å²) in [6.07, 6.45) is 2.15. The van der Waals surface area contributed by atoms with E-state index in [0.29, 0.717) is 12.0 Å². The highest BCUT2D eigenvalue weighted by atomic mass is 16.5. The van der Waals surface area contributed by atoms with Gasteiger partial charge in [-0.15, -0.1) is 6.58 Å². The minimum Gasteiger partial charge on any atom is -0.469 e. The van der Waals surface area contributed by atoms with E-state index in [9.17, 15) is 9.59 Å². The van der Waals surface area contributed by atoms with Gasteiger partial charge in [0.15, 0.2) is 0 Å². The van der Waals surface area contributed by atoms with Gasteiger partial charge in [0.1, 0.15) is 0 Å². The van der Waals surface area contributed by atoms with E-state index in [1.54, 1.807) is 30.3 Å². The van der Waals surface area contributed by atoms with Crippen LogP contribution in [0.15, 0.2) is 36.9 Å². The summed E-state index contributed by atoms with van der Waals surface area (Å²) in [6, 6.07) is 6.69. The molecule has 0 spiro atoms. The maximum Gasteiger partial charge on any atom is 0.337 e. The van der Waals surface area contributed by atoms with Crippen LogP contribution < -0.4 is 0 Å². The summed E-state index contributed by atoms with van der Waals surface area (Å²) in [5.41, 5.74) is 1.23. The van der Waals surface area contributed by atoms with Crippen molar-refractivity contribution in [1.82, 2.24) is 0 Å². The van der Waals surface area contributed by atoms with Gasteiger partial charge in [0.2, 0.25) is 0 Å². The van der Waals surface area contributed by atoms with Gasteiger partial charge in [0, 0.05) is 0 Å². The average Bonchev–Trinajstić information content (AvgIpc) is 2.43. The molecule has 0 aromatic heterocycles. The molecule has 1 atom stereocenters. The van der Waals surface area contributed by atoms with Crippen molar-refractivity contribution >= 4 is 11.9 Å². The Hall–Kier alpha value is -2.10. The zero-order valence-electron chi connectivity index (χ0n) is 10.5. The second kappa shape index (κ2) is 6.59. The van der Waals surface area contributed by atoms with Gasteiger partial charge in [-0.05, 0) is 24.1 Å². The fourth-order valence-electron chi connectivity index (χ4n) is 1.65. The lowest BCUT2D eigenvalue weighted by molar-refractivity contribution is -0.142. The molecular formula is C14H16O4. The van der Waals surface area contributed by atoms with E-state index in [-0.39, 0.29) is 11.9 Å². The van der Waals surface area contributed by atoms with Crippen LogP contribution in [-0.2, 0) is 14.3 Å². The predicted octanol–water partition coefficient (Wildman–Crippen LogP) is 2.31. The van der Waals surface area contributed by atoms with Gasteiger partial charge in [0.25, 0.3) is 0 Å². The predicted molar refractivity (Wildman–Crippen MR) is 67.4 cm³/mol. The summed E-state index contributed by atoms with van der Waals surface area (Å²) in [4.78, 5) is 22.9. The monoisotopic (exact) mass is 248 g/mol. The quantitative estimate of drug-likeness (QED) is 0.592. The van der Waals surface area contributed by atoms with E-state index in [1.165, 1.54) is 14.2 Å². The van der Waals surface area contributed by atoms with Crippen molar-refractivity contribution in [3.05, 3.63) is 48.0 Å². The summed E-state index contributed by atoms with van der Waals surface area (Å²) in [6.45, 7) is 3.62. The maximum absolute atomic E-state index is 11.6. The van der Waals surface area contributed by atoms with Crippen LogP contribution in [0.5, 0.6) is 0 Å². The first-order valence-corrected chi connectivity index (χ1v) is 5.51. The Morgan fingerprint density at radius 2 is 1.83 bits per heavy atom. The summed E-state index contributed by atoms with van der Waals surface area (Å²) in [5, 5.41) is 0. The number of carbonyl (C=O) groups excluding carboxylic acids is 2. The Labute approximate surface area is 106 Å². The average molecular weight is 248 g/mol. The first kappa shape index (κ1) is 14.0. The molecule has 0 saturated carbocycles. The molecule has 0 aliphatic carbocycles. The number of esters is 2. The molecule has 0 saturated heterocycles. The van der Waals surface area contributed by atoms with Gasteiger partial charge >= 0.3 is 11.9 Å². The number of carbonyl (C=O) groups is 2. The molecular weight excluding hydrogens is 232 g/mol. The van der Waals surface area contributed by atoms with Crippen LogP contribution in [0.4, 0.5) is 0 Å². The molecule has 0 N–H and O–H groups in total. The number of allylic oxidation sites excluding steroid dienone is 1. The van der Waals surface area contributed by atoms with E-state index in [0.717, 1.165) is 5.56 Å². The minimum atomic E-state index is -0.403. The molecule has 18 heavy (non-hydrogen) atoms. The molecule has 1 rings (SSSR count). The zero-order chi connectivity index (χ0) is 13.5. The summed E-state index contributed by atoms with van der Waals surface area (Å²) in [7, 11) is 2.67. The van der Waals surface area contributed by atoms with Crippen molar-refractivity contribution in [1.29, 1.82) is 0 Å². The molecule has 96 valence electrons. The van der Waals surface area contributed by atoms with Gasteiger partial charge in [-0.1, -0.05) is 18.2 Å². The summed E-state index contributed by atoms with van der Waals surface area (Å²) >= 11 is 0. The molecule has 0 amide bonds. The number of methoxy groups -OCH3 is 2. The highest BCUT2D eigenvalue weighted by Crippen LogP contribution is 2.22. The Morgan fingerprint density at radius 3 is 2.28 bits per heavy atom. The number of rotatable bonds is 5. The van der Waals surface area contributed by atoms with E-state index in [4.69, 9.17) is 4.74 Å². The van der Waals surface area contributed by atoms with Crippen LogP contribution in [-0.4, -0.2) is 26.2 Å². The molecule has 0 radical (unpaired) electrons. The van der Waals surface area contributed by atoms with Crippen LogP contribution in [0.3, 0.4) is 0 Å². The maximum atomic E-state index is 11.6. The topological polar surface area (TPSA) is 52.6 Å². The highest BCUT2D eigenvalue weighted by Gasteiger charge is 2.20. The first-order valence-electron chi connectivity index (χ1n) is 5.51. The third-order valence-corrected chi connectivity index (χ3v) is 2.62. The van der Waals surface area contributed by atoms with E-state index < -0.39 is 5.97 Å². The number of hydrogen-bond acceptors (Lipinski definition) is 4. The Bertz CT molecular complexity index is 434. The Morgan fingerprint density at radius 1 is 1.22 bits per heavy atom. The van der Waals surface area contributed by atoms with Gasteiger partial charge < -0.3 is 9.47 Å². The van der Waals surface area contributed by atoms with Crippen molar-refractivity contribution in [2.24, 2.45) is 0 Å². The van der Waals surface area contributed by atoms with E-state index >= 15 is 0 Å². The Kier molecular flexibility index (Phi) is 5.11. The minimum absolute atomic E-state index is 0.319. The third-order valence-electron chi connectivity index (χ3n) is 2.62. The molecule has 1 aromatic rings. The van der Waals surface area contributed by atoms with Crippen LogP contribution >= 0.6 is 0 Å². The number of hydrogen-bond donors (Lipinski definition) is 0. The fraction of sp³-hybridized carbons (Fsp3) is 0.286. The van der Waals surface area contributed by atoms with Crippen molar-refractivity contribution in [3.63, 3.8) is 0 Å². The smallest absolute Gasteiger partial charge is 0.337 e. The lowest BCUT2D eigenvalue weighted by Gasteiger charge is -2.13. The first-order chi connectivity index (χ1) is 8.63. The molecule has 1 unspecified atom stereocenters. The standard InChI is InChI=1S/C14H16O4/c1-4-5-12(14(16)18-3)10-6-8-11(9-7-10)13(15)17-2/h4,6-9,12H,1,5H2,2-3H3. The van der Waals surface area contributed by atoms with Crippen LogP contribution in [0.2, 0.25) is 0 Å². The van der Waals surface area contributed by atoms with Gasteiger partial charge in [0.05, 0.1) is 25.7 Å². The molecule has 0 aliphatic rings. The van der Waals surface area contributed by atoms with Crippen molar-refractivity contribution in [2.75, 3.05) is 14.2 Å². The molecule has 4 heteroatoms. The van der Waals surface area contributed by atoms with E-state index in [2.05, 4.69) is 11.3 Å². The normalized spacial score (nSPS) is 11.4. The second-order valence-electron chi connectivity index (χ2n) is 3.71. The lowest BCUT2D eigenvalue weighted by Crippen LogP contribution is -2.14. The fourth-order valence-corrected chi connectivity index (χ4v) is 1.65. The second-order valence-corrected chi connectivity index (χ2v) is 3.71. The highest BCUT2D eigenvalue weighted by molar-refractivity contribution is 5.89. The van der Waals surface area contributed by atoms with Crippen molar-refractivity contribution in [2.45, 2.75) is 12.3 Å². The van der Waals surface area contributed by atoms with Gasteiger partial charge in [-0.25, -0.2) is 4.79 Å². The summed E-state index contributed by atoms with van der Waals surface area (Å²) < 4.78 is 9.35. The summed E-state index contributed by atoms with van der Waals surface area (Å²) in [5.74, 6) is -1.11. The molecule has 0 aliphatic heterocycles. The largest absolute Gasteiger partial charge is 0.469 e. The Balaban J connectivity index is 2.96. The molecule has 1 aromatic carbocycles. The van der Waals surface area contributed by atoms with E-state index in [1.807, 2.05) is 0 Å².